The minimum Gasteiger partial charge on any atom is -0.378 e. The Labute approximate surface area is 102 Å². The predicted molar refractivity (Wildman–Crippen MR) is 63.6 cm³/mol. The van der Waals surface area contributed by atoms with Gasteiger partial charge >= 0.3 is 0 Å². The van der Waals surface area contributed by atoms with Crippen molar-refractivity contribution in [3.8, 4) is 0 Å². The zero-order valence-corrected chi connectivity index (χ0v) is 10.4. The maximum atomic E-state index is 11.9. The van der Waals surface area contributed by atoms with Gasteiger partial charge in [0.2, 0.25) is 5.91 Å². The fourth-order valence-corrected chi connectivity index (χ4v) is 2.75. The molecule has 1 amide bonds. The second-order valence-corrected chi connectivity index (χ2v) is 5.13. The van der Waals surface area contributed by atoms with Gasteiger partial charge < -0.3 is 9.64 Å². The topological polar surface area (TPSA) is 29.5 Å². The molecule has 2 heterocycles. The van der Waals surface area contributed by atoms with Crippen molar-refractivity contribution in [2.24, 2.45) is 5.92 Å². The van der Waals surface area contributed by atoms with Crippen LogP contribution in [0, 0.1) is 5.92 Å². The summed E-state index contributed by atoms with van der Waals surface area (Å²) >= 11 is 5.80. The van der Waals surface area contributed by atoms with Crippen LogP contribution in [0.4, 0.5) is 0 Å². The highest BCUT2D eigenvalue weighted by Crippen LogP contribution is 2.21. The number of amides is 1. The molecule has 0 aromatic heterocycles. The number of carbonyl (C=O) groups excluding carboxylic acids is 1. The lowest BCUT2D eigenvalue weighted by atomic mass is 10.1. The molecule has 0 aromatic rings. The molecule has 2 aliphatic rings. The number of alkyl halides is 1. The maximum absolute atomic E-state index is 11.9. The third-order valence-electron chi connectivity index (χ3n) is 3.56. The Morgan fingerprint density at radius 1 is 1.44 bits per heavy atom. The van der Waals surface area contributed by atoms with E-state index in [-0.39, 0.29) is 5.91 Å². The Morgan fingerprint density at radius 3 is 2.94 bits per heavy atom. The van der Waals surface area contributed by atoms with Gasteiger partial charge in [0.05, 0.1) is 6.10 Å². The monoisotopic (exact) mass is 245 g/mol. The molecule has 0 spiro atoms. The van der Waals surface area contributed by atoms with Crippen LogP contribution in [0.15, 0.2) is 0 Å². The number of nitrogens with zero attached hydrogens (tertiary/aromatic N) is 1. The highest BCUT2D eigenvalue weighted by atomic mass is 35.5. The average Bonchev–Trinajstić information content (AvgIpc) is 2.96. The van der Waals surface area contributed by atoms with Gasteiger partial charge in [-0.05, 0) is 31.6 Å². The zero-order chi connectivity index (χ0) is 11.4. The summed E-state index contributed by atoms with van der Waals surface area (Å²) in [6.07, 6.45) is 5.19. The molecule has 0 saturated carbocycles. The van der Waals surface area contributed by atoms with Crippen molar-refractivity contribution in [3.05, 3.63) is 0 Å². The minimum absolute atomic E-state index is 0.281. The quantitative estimate of drug-likeness (QED) is 0.710. The van der Waals surface area contributed by atoms with Crippen molar-refractivity contribution in [2.75, 3.05) is 25.6 Å². The van der Waals surface area contributed by atoms with Crippen LogP contribution >= 0.6 is 11.6 Å². The first-order chi connectivity index (χ1) is 7.79. The second-order valence-electron chi connectivity index (χ2n) is 4.82. The van der Waals surface area contributed by atoms with Crippen LogP contribution in [-0.4, -0.2) is 42.5 Å². The second kappa shape index (κ2) is 5.87. The largest absolute Gasteiger partial charge is 0.378 e. The van der Waals surface area contributed by atoms with Crippen LogP contribution in [0.3, 0.4) is 0 Å². The van der Waals surface area contributed by atoms with Gasteiger partial charge in [0.1, 0.15) is 0 Å². The summed E-state index contributed by atoms with van der Waals surface area (Å²) in [5, 5.41) is 0. The normalized spacial score (nSPS) is 29.9. The molecule has 0 radical (unpaired) electrons. The number of ether oxygens (including phenoxy) is 1. The van der Waals surface area contributed by atoms with Crippen LogP contribution in [0.1, 0.15) is 32.1 Å². The average molecular weight is 246 g/mol. The van der Waals surface area contributed by atoms with Gasteiger partial charge in [-0.15, -0.1) is 11.6 Å². The highest BCUT2D eigenvalue weighted by Gasteiger charge is 2.26. The Bertz CT molecular complexity index is 241. The van der Waals surface area contributed by atoms with Gasteiger partial charge in [-0.2, -0.15) is 0 Å². The smallest absolute Gasteiger partial charge is 0.222 e. The van der Waals surface area contributed by atoms with Gasteiger partial charge in [-0.3, -0.25) is 4.79 Å². The standard InChI is InChI=1S/C12H20ClNO2/c13-8-10-5-6-14(9-10)12(15)4-3-11-2-1-7-16-11/h10-11H,1-9H2. The van der Waals surface area contributed by atoms with E-state index in [0.29, 0.717) is 24.3 Å². The molecule has 0 aromatic carbocycles. The van der Waals surface area contributed by atoms with E-state index in [1.54, 1.807) is 0 Å². The molecular formula is C12H20ClNO2. The van der Waals surface area contributed by atoms with Crippen LogP contribution < -0.4 is 0 Å². The summed E-state index contributed by atoms with van der Waals surface area (Å²) in [5.41, 5.74) is 0. The number of rotatable bonds is 4. The molecule has 0 aliphatic carbocycles. The van der Waals surface area contributed by atoms with Crippen LogP contribution in [-0.2, 0) is 9.53 Å². The molecule has 2 atom stereocenters. The summed E-state index contributed by atoms with van der Waals surface area (Å²) in [6.45, 7) is 2.62. The van der Waals surface area contributed by atoms with Gasteiger partial charge in [0.25, 0.3) is 0 Å². The van der Waals surface area contributed by atoms with Crippen LogP contribution in [0.25, 0.3) is 0 Å². The Balaban J connectivity index is 1.67. The molecule has 4 heteroatoms. The van der Waals surface area contributed by atoms with Crippen molar-refractivity contribution >= 4 is 17.5 Å². The number of hydrogen-bond acceptors (Lipinski definition) is 2. The summed E-state index contributed by atoms with van der Waals surface area (Å²) in [7, 11) is 0. The van der Waals surface area contributed by atoms with Crippen molar-refractivity contribution in [2.45, 2.75) is 38.2 Å². The summed E-state index contributed by atoms with van der Waals surface area (Å²) in [6, 6.07) is 0. The van der Waals surface area contributed by atoms with E-state index in [4.69, 9.17) is 16.3 Å². The third-order valence-corrected chi connectivity index (χ3v) is 4.00. The summed E-state index contributed by atoms with van der Waals surface area (Å²) < 4.78 is 5.52. The van der Waals surface area contributed by atoms with E-state index in [0.717, 1.165) is 45.4 Å². The van der Waals surface area contributed by atoms with Crippen molar-refractivity contribution in [1.29, 1.82) is 0 Å². The van der Waals surface area contributed by atoms with Gasteiger partial charge in [-0.1, -0.05) is 0 Å². The van der Waals surface area contributed by atoms with Crippen molar-refractivity contribution in [3.63, 3.8) is 0 Å². The SMILES string of the molecule is O=C(CCC1CCCO1)N1CCC(CCl)C1. The number of carbonyl (C=O) groups is 1. The van der Waals surface area contributed by atoms with E-state index in [1.165, 1.54) is 0 Å². The number of halogens is 1. The molecule has 3 nitrogen and oxygen atoms in total. The fourth-order valence-electron chi connectivity index (χ4n) is 2.50. The predicted octanol–water partition coefficient (Wildman–Crippen LogP) is 2.03. The number of likely N-dealkylation sites (tertiary alicyclic amines) is 1. The van der Waals surface area contributed by atoms with Gasteiger partial charge in [-0.25, -0.2) is 0 Å². The fraction of sp³-hybridized carbons (Fsp3) is 0.917. The van der Waals surface area contributed by atoms with E-state index in [9.17, 15) is 4.79 Å². The molecular weight excluding hydrogens is 226 g/mol. The lowest BCUT2D eigenvalue weighted by Gasteiger charge is -2.17. The van der Waals surface area contributed by atoms with E-state index in [2.05, 4.69) is 0 Å². The Kier molecular flexibility index (Phi) is 4.47. The minimum atomic E-state index is 0.281. The van der Waals surface area contributed by atoms with Crippen molar-refractivity contribution in [1.82, 2.24) is 4.90 Å². The Hall–Kier alpha value is -0.280. The lowest BCUT2D eigenvalue weighted by Crippen LogP contribution is -2.29. The highest BCUT2D eigenvalue weighted by molar-refractivity contribution is 6.18. The first-order valence-electron chi connectivity index (χ1n) is 6.25. The molecule has 2 fully saturated rings. The molecule has 2 saturated heterocycles. The molecule has 2 aliphatic heterocycles. The zero-order valence-electron chi connectivity index (χ0n) is 9.66. The molecule has 16 heavy (non-hydrogen) atoms. The third kappa shape index (κ3) is 3.11. The van der Waals surface area contributed by atoms with Crippen LogP contribution in [0.2, 0.25) is 0 Å². The van der Waals surface area contributed by atoms with E-state index >= 15 is 0 Å². The first-order valence-corrected chi connectivity index (χ1v) is 6.78. The van der Waals surface area contributed by atoms with Gasteiger partial charge in [0, 0.05) is 32.0 Å². The summed E-state index contributed by atoms with van der Waals surface area (Å²) in [4.78, 5) is 13.9. The van der Waals surface area contributed by atoms with E-state index < -0.39 is 0 Å². The lowest BCUT2D eigenvalue weighted by molar-refractivity contribution is -0.130. The molecule has 2 rings (SSSR count). The number of hydrogen-bond donors (Lipinski definition) is 0. The van der Waals surface area contributed by atoms with E-state index in [1.807, 2.05) is 4.90 Å². The van der Waals surface area contributed by atoms with Crippen LogP contribution in [0.5, 0.6) is 0 Å². The molecule has 92 valence electrons. The molecule has 0 N–H and O–H groups in total. The maximum Gasteiger partial charge on any atom is 0.222 e. The Morgan fingerprint density at radius 2 is 2.31 bits per heavy atom. The summed E-state index contributed by atoms with van der Waals surface area (Å²) in [5.74, 6) is 1.46. The van der Waals surface area contributed by atoms with Gasteiger partial charge in [0.15, 0.2) is 0 Å². The molecule has 0 bridgehead atoms. The first kappa shape index (κ1) is 12.2. The molecule has 2 unspecified atom stereocenters. The van der Waals surface area contributed by atoms with Crippen molar-refractivity contribution < 1.29 is 9.53 Å².